The van der Waals surface area contributed by atoms with Crippen LogP contribution in [0.5, 0.6) is 5.75 Å². The topological polar surface area (TPSA) is 31.2 Å². The lowest BCUT2D eigenvalue weighted by Crippen LogP contribution is -2.23. The highest BCUT2D eigenvalue weighted by Crippen LogP contribution is 2.24. The molecule has 0 aliphatic rings. The molecule has 0 spiro atoms. The van der Waals surface area contributed by atoms with Crippen molar-refractivity contribution in [3.05, 3.63) is 64.1 Å². The van der Waals surface area contributed by atoms with E-state index in [1.165, 1.54) is 5.56 Å². The normalized spacial score (nSPS) is 11.4. The van der Waals surface area contributed by atoms with Crippen molar-refractivity contribution in [2.24, 2.45) is 0 Å². The molecule has 1 heterocycles. The molecule has 0 aliphatic carbocycles. The average Bonchev–Trinajstić information content (AvgIpc) is 2.43. The van der Waals surface area contributed by atoms with E-state index in [0.29, 0.717) is 13.2 Å². The molecule has 21 heavy (non-hydrogen) atoms. The van der Waals surface area contributed by atoms with Gasteiger partial charge in [0.1, 0.15) is 12.4 Å². The van der Waals surface area contributed by atoms with E-state index in [4.69, 9.17) is 4.74 Å². The lowest BCUT2D eigenvalue weighted by molar-refractivity contribution is 0.296. The number of hydrogen-bond acceptors (Lipinski definition) is 2. The molecule has 3 heteroatoms. The monoisotopic (exact) mass is 285 g/mol. The van der Waals surface area contributed by atoms with Gasteiger partial charge in [0.25, 0.3) is 5.56 Å². The van der Waals surface area contributed by atoms with Crippen LogP contribution in [0.3, 0.4) is 0 Å². The Labute approximate surface area is 126 Å². The second kappa shape index (κ2) is 6.17. The van der Waals surface area contributed by atoms with Gasteiger partial charge in [-0.2, -0.15) is 0 Å². The van der Waals surface area contributed by atoms with Crippen LogP contribution in [-0.2, 0) is 12.0 Å². The first-order valence-electron chi connectivity index (χ1n) is 7.27. The van der Waals surface area contributed by atoms with Crippen LogP contribution in [-0.4, -0.2) is 11.2 Å². The van der Waals surface area contributed by atoms with Gasteiger partial charge in [-0.05, 0) is 36.1 Å². The average molecular weight is 285 g/mol. The quantitative estimate of drug-likeness (QED) is 0.860. The first-order valence-corrected chi connectivity index (χ1v) is 7.27. The van der Waals surface area contributed by atoms with Crippen LogP contribution in [0.2, 0.25) is 0 Å². The van der Waals surface area contributed by atoms with Gasteiger partial charge in [0.05, 0.1) is 6.54 Å². The van der Waals surface area contributed by atoms with Crippen molar-refractivity contribution in [1.82, 2.24) is 4.57 Å². The summed E-state index contributed by atoms with van der Waals surface area (Å²) >= 11 is 0. The molecule has 0 aliphatic heterocycles. The summed E-state index contributed by atoms with van der Waals surface area (Å²) in [5, 5.41) is 0. The highest BCUT2D eigenvalue weighted by Gasteiger charge is 2.12. The molecular weight excluding hydrogens is 262 g/mol. The molecule has 1 aromatic carbocycles. The third-order valence-corrected chi connectivity index (χ3v) is 3.53. The molecule has 112 valence electrons. The van der Waals surface area contributed by atoms with Gasteiger partial charge in [-0.1, -0.05) is 39.0 Å². The predicted octanol–water partition coefficient (Wildman–Crippen LogP) is 3.53. The number of rotatable bonds is 4. The molecule has 0 atom stereocenters. The first kappa shape index (κ1) is 15.4. The second-order valence-corrected chi connectivity index (χ2v) is 6.31. The van der Waals surface area contributed by atoms with Crippen LogP contribution in [0, 0.1) is 6.92 Å². The summed E-state index contributed by atoms with van der Waals surface area (Å²) in [6.45, 7) is 9.43. The smallest absolute Gasteiger partial charge is 0.253 e. The molecule has 0 radical (unpaired) electrons. The number of aryl methyl sites for hydroxylation is 1. The summed E-state index contributed by atoms with van der Waals surface area (Å²) in [7, 11) is 0. The molecule has 2 rings (SSSR count). The lowest BCUT2D eigenvalue weighted by atomic mass is 9.87. The zero-order valence-electron chi connectivity index (χ0n) is 13.2. The number of pyridine rings is 1. The third kappa shape index (κ3) is 3.97. The summed E-state index contributed by atoms with van der Waals surface area (Å²) < 4.78 is 7.39. The van der Waals surface area contributed by atoms with E-state index >= 15 is 0 Å². The largest absolute Gasteiger partial charge is 0.492 e. The Morgan fingerprint density at radius 3 is 2.38 bits per heavy atom. The summed E-state index contributed by atoms with van der Waals surface area (Å²) in [6.07, 6.45) is 1.79. The minimum Gasteiger partial charge on any atom is -0.492 e. The summed E-state index contributed by atoms with van der Waals surface area (Å²) in [5.41, 5.74) is 2.23. The van der Waals surface area contributed by atoms with Gasteiger partial charge in [-0.25, -0.2) is 0 Å². The van der Waals surface area contributed by atoms with E-state index in [9.17, 15) is 4.79 Å². The van der Waals surface area contributed by atoms with Crippen molar-refractivity contribution in [2.75, 3.05) is 6.61 Å². The molecule has 2 aromatic rings. The maximum Gasteiger partial charge on any atom is 0.253 e. The predicted molar refractivity (Wildman–Crippen MR) is 86.1 cm³/mol. The molecule has 0 amide bonds. The SMILES string of the molecule is Cc1cccn(CCOc2ccc(C(C)(C)C)cc2)c1=O. The Balaban J connectivity index is 1.95. The Bertz CT molecular complexity index is 648. The van der Waals surface area contributed by atoms with Crippen LogP contribution in [0.4, 0.5) is 0 Å². The third-order valence-electron chi connectivity index (χ3n) is 3.53. The minimum absolute atomic E-state index is 0.0455. The number of nitrogens with zero attached hydrogens (tertiary/aromatic N) is 1. The van der Waals surface area contributed by atoms with Gasteiger partial charge in [-0.15, -0.1) is 0 Å². The Hall–Kier alpha value is -2.03. The van der Waals surface area contributed by atoms with Gasteiger partial charge in [0, 0.05) is 11.8 Å². The van der Waals surface area contributed by atoms with E-state index in [2.05, 4.69) is 32.9 Å². The Morgan fingerprint density at radius 1 is 1.10 bits per heavy atom. The molecule has 0 unspecified atom stereocenters. The molecule has 3 nitrogen and oxygen atoms in total. The fraction of sp³-hybridized carbons (Fsp3) is 0.389. The Morgan fingerprint density at radius 2 is 1.76 bits per heavy atom. The summed E-state index contributed by atoms with van der Waals surface area (Å²) in [5.74, 6) is 0.837. The van der Waals surface area contributed by atoms with Crippen molar-refractivity contribution < 1.29 is 4.74 Å². The van der Waals surface area contributed by atoms with Crippen LogP contribution < -0.4 is 10.3 Å². The van der Waals surface area contributed by atoms with Crippen molar-refractivity contribution in [3.63, 3.8) is 0 Å². The lowest BCUT2D eigenvalue weighted by Gasteiger charge is -2.19. The van der Waals surface area contributed by atoms with Crippen LogP contribution >= 0.6 is 0 Å². The van der Waals surface area contributed by atoms with E-state index < -0.39 is 0 Å². The minimum atomic E-state index is 0.0455. The van der Waals surface area contributed by atoms with Crippen LogP contribution in [0.25, 0.3) is 0 Å². The molecule has 0 N–H and O–H groups in total. The van der Waals surface area contributed by atoms with Gasteiger partial charge in [0.15, 0.2) is 0 Å². The maximum absolute atomic E-state index is 11.9. The van der Waals surface area contributed by atoms with E-state index in [0.717, 1.165) is 11.3 Å². The van der Waals surface area contributed by atoms with Crippen molar-refractivity contribution in [3.8, 4) is 5.75 Å². The number of ether oxygens (including phenoxy) is 1. The molecule has 1 aromatic heterocycles. The number of benzene rings is 1. The highest BCUT2D eigenvalue weighted by molar-refractivity contribution is 5.31. The van der Waals surface area contributed by atoms with Gasteiger partial charge >= 0.3 is 0 Å². The van der Waals surface area contributed by atoms with E-state index in [1.807, 2.05) is 31.2 Å². The fourth-order valence-electron chi connectivity index (χ4n) is 2.15. The molecular formula is C18H23NO2. The maximum atomic E-state index is 11.9. The zero-order valence-corrected chi connectivity index (χ0v) is 13.2. The summed E-state index contributed by atoms with van der Waals surface area (Å²) in [4.78, 5) is 11.9. The van der Waals surface area contributed by atoms with Crippen LogP contribution in [0.1, 0.15) is 31.9 Å². The molecule has 0 bridgehead atoms. The second-order valence-electron chi connectivity index (χ2n) is 6.31. The fourth-order valence-corrected chi connectivity index (χ4v) is 2.15. The van der Waals surface area contributed by atoms with Crippen molar-refractivity contribution in [2.45, 2.75) is 39.7 Å². The highest BCUT2D eigenvalue weighted by atomic mass is 16.5. The van der Waals surface area contributed by atoms with Crippen molar-refractivity contribution >= 4 is 0 Å². The zero-order chi connectivity index (χ0) is 15.5. The van der Waals surface area contributed by atoms with E-state index in [1.54, 1.807) is 10.8 Å². The first-order chi connectivity index (χ1) is 9.88. The van der Waals surface area contributed by atoms with Gasteiger partial charge < -0.3 is 9.30 Å². The molecule has 0 saturated carbocycles. The van der Waals surface area contributed by atoms with Crippen molar-refractivity contribution in [1.29, 1.82) is 0 Å². The summed E-state index contributed by atoms with van der Waals surface area (Å²) in [6, 6.07) is 11.9. The number of aromatic nitrogens is 1. The van der Waals surface area contributed by atoms with Crippen LogP contribution in [0.15, 0.2) is 47.4 Å². The van der Waals surface area contributed by atoms with Gasteiger partial charge in [0.2, 0.25) is 0 Å². The molecule has 0 saturated heterocycles. The van der Waals surface area contributed by atoms with E-state index in [-0.39, 0.29) is 11.0 Å². The molecule has 0 fully saturated rings. The number of hydrogen-bond donors (Lipinski definition) is 0. The Kier molecular flexibility index (Phi) is 4.51. The standard InChI is InChI=1S/C18H23NO2/c1-14-6-5-11-19(17(14)20)12-13-21-16-9-7-15(8-10-16)18(2,3)4/h5-11H,12-13H2,1-4H3. The van der Waals surface area contributed by atoms with Gasteiger partial charge in [-0.3, -0.25) is 4.79 Å².